The van der Waals surface area contributed by atoms with E-state index in [9.17, 15) is 9.59 Å². The second kappa shape index (κ2) is 9.02. The van der Waals surface area contributed by atoms with E-state index in [0.29, 0.717) is 22.6 Å². The zero-order valence-electron chi connectivity index (χ0n) is 20.2. The third-order valence-electron chi connectivity index (χ3n) is 5.13. The third kappa shape index (κ3) is 5.37. The summed E-state index contributed by atoms with van der Waals surface area (Å²) in [6.45, 7) is 9.30. The molecule has 1 amide bonds. The second-order valence-electron chi connectivity index (χ2n) is 9.15. The van der Waals surface area contributed by atoms with Gasteiger partial charge in [-0.25, -0.2) is 4.79 Å². The van der Waals surface area contributed by atoms with Gasteiger partial charge in [0.1, 0.15) is 22.8 Å². The maximum atomic E-state index is 12.9. The van der Waals surface area contributed by atoms with Crippen molar-refractivity contribution in [1.82, 2.24) is 4.57 Å². The van der Waals surface area contributed by atoms with Crippen molar-refractivity contribution in [3.05, 3.63) is 70.1 Å². The average Bonchev–Trinajstić information content (AvgIpc) is 2.72. The fourth-order valence-electron chi connectivity index (χ4n) is 3.44. The van der Waals surface area contributed by atoms with E-state index >= 15 is 0 Å². The van der Waals surface area contributed by atoms with E-state index in [1.165, 1.54) is 16.5 Å². The predicted octanol–water partition coefficient (Wildman–Crippen LogP) is 5.41. The first-order valence-electron chi connectivity index (χ1n) is 10.7. The van der Waals surface area contributed by atoms with E-state index < -0.39 is 11.7 Å². The maximum Gasteiger partial charge on any atom is 0.414 e. The van der Waals surface area contributed by atoms with Gasteiger partial charge in [0.15, 0.2) is 0 Å². The van der Waals surface area contributed by atoms with Crippen LogP contribution in [-0.2, 0) is 11.8 Å². The quantitative estimate of drug-likeness (QED) is 0.538. The zero-order valence-corrected chi connectivity index (χ0v) is 20.2. The van der Waals surface area contributed by atoms with E-state index in [1.807, 2.05) is 32.0 Å². The van der Waals surface area contributed by atoms with Crippen LogP contribution in [-0.4, -0.2) is 23.3 Å². The Labute approximate surface area is 194 Å². The molecule has 0 spiro atoms. The lowest BCUT2D eigenvalue weighted by atomic mass is 10.0. The number of rotatable bonds is 4. The van der Waals surface area contributed by atoms with Crippen molar-refractivity contribution in [2.45, 2.75) is 40.2 Å². The standard InChI is InChI=1S/C26H31N3O4/c1-16-9-8-10-17(2)23(16)32-22-12-11-19(27)14-20(22)18-13-21(24(30)28(6)15-18)29(7)25(31)33-26(3,4)5/h8-15H,27H2,1-7H3. The Bertz CT molecular complexity index is 1240. The lowest BCUT2D eigenvalue weighted by Gasteiger charge is -2.25. The Kier molecular flexibility index (Phi) is 6.53. The topological polar surface area (TPSA) is 86.8 Å². The summed E-state index contributed by atoms with van der Waals surface area (Å²) in [5.74, 6) is 1.35. The number of amides is 1. The van der Waals surface area contributed by atoms with Gasteiger partial charge in [0.25, 0.3) is 5.56 Å². The summed E-state index contributed by atoms with van der Waals surface area (Å²) in [6, 6.07) is 13.0. The Balaban J connectivity index is 2.11. The van der Waals surface area contributed by atoms with E-state index in [1.54, 1.807) is 58.3 Å². The normalized spacial score (nSPS) is 11.2. The van der Waals surface area contributed by atoms with Gasteiger partial charge in [-0.2, -0.15) is 0 Å². The molecule has 0 saturated carbocycles. The molecule has 1 heterocycles. The highest BCUT2D eigenvalue weighted by Crippen LogP contribution is 2.37. The summed E-state index contributed by atoms with van der Waals surface area (Å²) in [5, 5.41) is 0. The minimum atomic E-state index is -0.686. The third-order valence-corrected chi connectivity index (χ3v) is 5.13. The van der Waals surface area contributed by atoms with Gasteiger partial charge in [-0.05, 0) is 70.0 Å². The number of nitrogens with zero attached hydrogens (tertiary/aromatic N) is 2. The minimum absolute atomic E-state index is 0.185. The van der Waals surface area contributed by atoms with Crippen molar-refractivity contribution in [3.8, 4) is 22.6 Å². The molecule has 0 aliphatic heterocycles. The highest BCUT2D eigenvalue weighted by Gasteiger charge is 2.23. The van der Waals surface area contributed by atoms with Crippen molar-refractivity contribution in [3.63, 3.8) is 0 Å². The summed E-state index contributed by atoms with van der Waals surface area (Å²) in [7, 11) is 3.15. The van der Waals surface area contributed by atoms with Gasteiger partial charge >= 0.3 is 6.09 Å². The van der Waals surface area contributed by atoms with Crippen molar-refractivity contribution in [1.29, 1.82) is 0 Å². The average molecular weight is 450 g/mol. The zero-order chi connectivity index (χ0) is 24.5. The first kappa shape index (κ1) is 23.9. The molecule has 3 rings (SSSR count). The Hall–Kier alpha value is -3.74. The van der Waals surface area contributed by atoms with E-state index in [4.69, 9.17) is 15.2 Å². The monoisotopic (exact) mass is 449 g/mol. The maximum absolute atomic E-state index is 12.9. The van der Waals surface area contributed by atoms with Crippen LogP contribution in [0.25, 0.3) is 11.1 Å². The highest BCUT2D eigenvalue weighted by atomic mass is 16.6. The summed E-state index contributed by atoms with van der Waals surface area (Å²) in [4.78, 5) is 26.7. The van der Waals surface area contributed by atoms with E-state index in [-0.39, 0.29) is 11.2 Å². The number of anilines is 2. The number of para-hydroxylation sites is 1. The Morgan fingerprint density at radius 3 is 2.30 bits per heavy atom. The molecule has 0 aliphatic rings. The minimum Gasteiger partial charge on any atom is -0.456 e. The van der Waals surface area contributed by atoms with Gasteiger partial charge in [0.2, 0.25) is 0 Å². The van der Waals surface area contributed by atoms with Gasteiger partial charge in [0.05, 0.1) is 0 Å². The van der Waals surface area contributed by atoms with Crippen LogP contribution in [0.1, 0.15) is 31.9 Å². The number of aryl methyl sites for hydroxylation is 3. The van der Waals surface area contributed by atoms with Crippen LogP contribution in [0.2, 0.25) is 0 Å². The van der Waals surface area contributed by atoms with Gasteiger partial charge in [-0.1, -0.05) is 18.2 Å². The molecule has 0 saturated heterocycles. The SMILES string of the molecule is Cc1cccc(C)c1Oc1ccc(N)cc1-c1cc(N(C)C(=O)OC(C)(C)C)c(=O)n(C)c1. The number of hydrogen-bond donors (Lipinski definition) is 1. The fraction of sp³-hybridized carbons (Fsp3) is 0.308. The summed E-state index contributed by atoms with van der Waals surface area (Å²) in [5.41, 5.74) is 9.20. The number of benzene rings is 2. The fourth-order valence-corrected chi connectivity index (χ4v) is 3.44. The first-order valence-corrected chi connectivity index (χ1v) is 10.7. The summed E-state index contributed by atoms with van der Waals surface area (Å²) >= 11 is 0. The molecular formula is C26H31N3O4. The molecule has 1 aromatic heterocycles. The molecule has 3 aromatic rings. The second-order valence-corrected chi connectivity index (χ2v) is 9.15. The number of hydrogen-bond acceptors (Lipinski definition) is 5. The van der Waals surface area contributed by atoms with Crippen LogP contribution >= 0.6 is 0 Å². The van der Waals surface area contributed by atoms with E-state index in [2.05, 4.69) is 0 Å². The molecule has 7 heteroatoms. The van der Waals surface area contributed by atoms with Crippen molar-refractivity contribution in [2.24, 2.45) is 7.05 Å². The van der Waals surface area contributed by atoms with Gasteiger partial charge in [-0.15, -0.1) is 0 Å². The smallest absolute Gasteiger partial charge is 0.414 e. The molecule has 0 unspecified atom stereocenters. The van der Waals surface area contributed by atoms with Crippen LogP contribution in [0, 0.1) is 13.8 Å². The van der Waals surface area contributed by atoms with Crippen LogP contribution in [0.5, 0.6) is 11.5 Å². The van der Waals surface area contributed by atoms with Crippen LogP contribution in [0.15, 0.2) is 53.5 Å². The van der Waals surface area contributed by atoms with Crippen molar-refractivity contribution >= 4 is 17.5 Å². The van der Waals surface area contributed by atoms with Gasteiger partial charge in [-0.3, -0.25) is 9.69 Å². The summed E-state index contributed by atoms with van der Waals surface area (Å²) in [6.07, 6.45) is 1.08. The lowest BCUT2D eigenvalue weighted by molar-refractivity contribution is 0.0589. The van der Waals surface area contributed by atoms with E-state index in [0.717, 1.165) is 16.9 Å². The molecule has 2 aromatic carbocycles. The molecular weight excluding hydrogens is 418 g/mol. The Morgan fingerprint density at radius 1 is 1.06 bits per heavy atom. The van der Waals surface area contributed by atoms with Crippen molar-refractivity contribution < 1.29 is 14.3 Å². The number of ether oxygens (including phenoxy) is 2. The highest BCUT2D eigenvalue weighted by molar-refractivity contribution is 5.88. The molecule has 7 nitrogen and oxygen atoms in total. The van der Waals surface area contributed by atoms with Gasteiger partial charge in [0, 0.05) is 37.1 Å². The number of carbonyl (C=O) groups excluding carboxylic acids is 1. The molecule has 33 heavy (non-hydrogen) atoms. The number of carbonyl (C=O) groups is 1. The molecule has 0 bridgehead atoms. The van der Waals surface area contributed by atoms with Gasteiger partial charge < -0.3 is 19.8 Å². The molecule has 0 radical (unpaired) electrons. The molecule has 2 N–H and O–H groups in total. The molecule has 174 valence electrons. The number of nitrogen functional groups attached to an aromatic ring is 1. The lowest BCUT2D eigenvalue weighted by Crippen LogP contribution is -2.37. The molecule has 0 aliphatic carbocycles. The molecule has 0 atom stereocenters. The summed E-state index contributed by atoms with van der Waals surface area (Å²) < 4.78 is 13.2. The van der Waals surface area contributed by atoms with Crippen molar-refractivity contribution in [2.75, 3.05) is 17.7 Å². The number of nitrogens with two attached hydrogens (primary N) is 1. The molecule has 0 fully saturated rings. The van der Waals surface area contributed by atoms with Crippen LogP contribution < -0.4 is 20.9 Å². The number of aromatic nitrogens is 1. The van der Waals surface area contributed by atoms with Crippen LogP contribution in [0.4, 0.5) is 16.2 Å². The first-order chi connectivity index (χ1) is 15.4. The van der Waals surface area contributed by atoms with Crippen LogP contribution in [0.3, 0.4) is 0 Å². The largest absolute Gasteiger partial charge is 0.456 e. The Morgan fingerprint density at radius 2 is 1.70 bits per heavy atom. The number of pyridine rings is 1. The predicted molar refractivity (Wildman–Crippen MR) is 132 cm³/mol.